The molecule has 3 rings (SSSR count). The zero-order chi connectivity index (χ0) is 18.5. The van der Waals surface area contributed by atoms with Crippen LogP contribution in [0.5, 0.6) is 5.75 Å². The minimum absolute atomic E-state index is 0.109. The van der Waals surface area contributed by atoms with E-state index < -0.39 is 5.91 Å². The first-order chi connectivity index (χ1) is 12.5. The van der Waals surface area contributed by atoms with E-state index in [2.05, 4.69) is 26.5 Å². The van der Waals surface area contributed by atoms with Crippen molar-refractivity contribution in [3.8, 4) is 5.75 Å². The Labute approximate surface area is 167 Å². The first-order valence-corrected chi connectivity index (χ1v) is 9.36. The lowest BCUT2D eigenvalue weighted by atomic mass is 10.2. The van der Waals surface area contributed by atoms with Crippen LogP contribution in [0.1, 0.15) is 16.1 Å². The summed E-state index contributed by atoms with van der Waals surface area (Å²) >= 11 is 10.7. The number of carbonyl (C=O) groups excluding carboxylic acids is 1. The summed E-state index contributed by atoms with van der Waals surface area (Å²) in [5.41, 5.74) is 2.49. The van der Waals surface area contributed by atoms with Gasteiger partial charge in [-0.2, -0.15) is 5.10 Å². The summed E-state index contributed by atoms with van der Waals surface area (Å²) in [6, 6.07) is 15.4. The Morgan fingerprint density at radius 1 is 1.23 bits per heavy atom. The molecule has 0 radical (unpaired) electrons. The van der Waals surface area contributed by atoms with Crippen molar-refractivity contribution < 1.29 is 14.3 Å². The molecule has 0 fully saturated rings. The molecule has 0 bridgehead atoms. The van der Waals surface area contributed by atoms with Gasteiger partial charge in [-0.05, 0) is 52.3 Å². The summed E-state index contributed by atoms with van der Waals surface area (Å²) in [6.07, 6.45) is 1.38. The lowest BCUT2D eigenvalue weighted by molar-refractivity contribution is 0.0952. The number of amides is 1. The monoisotopic (exact) mass is 450 g/mol. The molecule has 0 saturated carbocycles. The Morgan fingerprint density at radius 2 is 1.96 bits per heavy atom. The Balaban J connectivity index is 1.65. The van der Waals surface area contributed by atoms with Crippen molar-refractivity contribution in [2.24, 2.45) is 5.10 Å². The van der Waals surface area contributed by atoms with Crippen molar-refractivity contribution in [3.05, 3.63) is 75.4 Å². The number of furan rings is 1. The molecule has 0 spiro atoms. The van der Waals surface area contributed by atoms with E-state index in [9.17, 15) is 9.90 Å². The number of aromatic hydroxyl groups is 1. The van der Waals surface area contributed by atoms with E-state index in [0.29, 0.717) is 15.9 Å². The molecule has 1 heterocycles. The average molecular weight is 452 g/mol. The number of carbonyl (C=O) groups is 1. The van der Waals surface area contributed by atoms with E-state index in [4.69, 9.17) is 16.0 Å². The molecular weight excluding hydrogens is 440 g/mol. The second-order valence-corrected chi connectivity index (χ2v) is 7.39. The zero-order valence-electron chi connectivity index (χ0n) is 13.1. The minimum atomic E-state index is -0.513. The maximum absolute atomic E-state index is 12.0. The molecule has 5 nitrogen and oxygen atoms in total. The third-order valence-corrected chi connectivity index (χ3v) is 5.31. The second kappa shape index (κ2) is 8.44. The van der Waals surface area contributed by atoms with Gasteiger partial charge in [-0.3, -0.25) is 4.79 Å². The molecule has 0 unspecified atom stereocenters. The molecule has 2 aromatic carbocycles. The van der Waals surface area contributed by atoms with Crippen molar-refractivity contribution in [1.82, 2.24) is 5.43 Å². The quantitative estimate of drug-likeness (QED) is 0.407. The van der Waals surface area contributed by atoms with Crippen LogP contribution in [-0.2, 0) is 0 Å². The van der Waals surface area contributed by atoms with Gasteiger partial charge in [0, 0.05) is 16.0 Å². The van der Waals surface area contributed by atoms with Crippen molar-refractivity contribution in [2.45, 2.75) is 9.99 Å². The smallest absolute Gasteiger partial charge is 0.275 e. The van der Waals surface area contributed by atoms with Crippen LogP contribution < -0.4 is 5.43 Å². The normalized spacial score (nSPS) is 11.0. The fourth-order valence-electron chi connectivity index (χ4n) is 1.99. The van der Waals surface area contributed by atoms with E-state index in [0.717, 1.165) is 9.37 Å². The molecule has 26 heavy (non-hydrogen) atoms. The third-order valence-electron chi connectivity index (χ3n) is 3.21. The van der Waals surface area contributed by atoms with Gasteiger partial charge in [0.15, 0.2) is 5.09 Å². The fraction of sp³-hybridized carbons (Fsp3) is 0. The predicted molar refractivity (Wildman–Crippen MR) is 105 cm³/mol. The first kappa shape index (κ1) is 18.6. The van der Waals surface area contributed by atoms with Gasteiger partial charge in [0.2, 0.25) is 0 Å². The minimum Gasteiger partial charge on any atom is -0.507 e. The highest BCUT2D eigenvalue weighted by Gasteiger charge is 2.11. The molecule has 3 aromatic rings. The standard InChI is InChI=1S/C18H12BrClN2O3S/c19-15-9-12(25-18(15)26-13-7-5-11(20)6-8-13)10-21-22-17(24)14-3-1-2-4-16(14)23/h1-10,23H,(H,22,24)/b21-10+. The largest absolute Gasteiger partial charge is 0.507 e. The number of nitrogens with zero attached hydrogens (tertiary/aromatic N) is 1. The van der Waals surface area contributed by atoms with E-state index in [-0.39, 0.29) is 11.3 Å². The van der Waals surface area contributed by atoms with Gasteiger partial charge in [-0.15, -0.1) is 0 Å². The number of halogens is 2. The number of rotatable bonds is 5. The summed E-state index contributed by atoms with van der Waals surface area (Å²) in [5.74, 6) is -0.158. The number of para-hydroxylation sites is 1. The van der Waals surface area contributed by atoms with E-state index in [1.807, 2.05) is 12.1 Å². The zero-order valence-corrected chi connectivity index (χ0v) is 16.3. The van der Waals surface area contributed by atoms with Crippen LogP contribution in [0.4, 0.5) is 0 Å². The molecule has 0 aliphatic rings. The van der Waals surface area contributed by atoms with Crippen LogP contribution in [0, 0.1) is 0 Å². The highest BCUT2D eigenvalue weighted by atomic mass is 79.9. The molecule has 132 valence electrons. The number of phenols is 1. The van der Waals surface area contributed by atoms with Crippen molar-refractivity contribution in [2.75, 3.05) is 0 Å². The van der Waals surface area contributed by atoms with Gasteiger partial charge in [0.1, 0.15) is 11.5 Å². The summed E-state index contributed by atoms with van der Waals surface area (Å²) < 4.78 is 6.46. The van der Waals surface area contributed by atoms with Gasteiger partial charge in [-0.1, -0.05) is 35.5 Å². The lowest BCUT2D eigenvalue weighted by Gasteiger charge is -2.01. The molecular formula is C18H12BrClN2O3S. The van der Waals surface area contributed by atoms with Crippen molar-refractivity contribution in [3.63, 3.8) is 0 Å². The number of phenolic OH excluding ortho intramolecular Hbond substituents is 1. The fourth-order valence-corrected chi connectivity index (χ4v) is 3.45. The molecule has 1 amide bonds. The molecule has 0 aliphatic heterocycles. The summed E-state index contributed by atoms with van der Waals surface area (Å²) in [5, 5.41) is 14.8. The maximum atomic E-state index is 12.0. The number of hydrogen-bond donors (Lipinski definition) is 2. The third kappa shape index (κ3) is 4.69. The van der Waals surface area contributed by atoms with E-state index in [1.165, 1.54) is 30.1 Å². The molecule has 8 heteroatoms. The predicted octanol–water partition coefficient (Wildman–Crippen LogP) is 5.32. The molecule has 0 aliphatic carbocycles. The SMILES string of the molecule is O=C(N/N=C/c1cc(Br)c(Sc2ccc(Cl)cc2)o1)c1ccccc1O. The maximum Gasteiger partial charge on any atom is 0.275 e. The van der Waals surface area contributed by atoms with Gasteiger partial charge in [0.05, 0.1) is 16.3 Å². The highest BCUT2D eigenvalue weighted by Crippen LogP contribution is 2.35. The van der Waals surface area contributed by atoms with Crippen LogP contribution >= 0.6 is 39.3 Å². The van der Waals surface area contributed by atoms with Crippen LogP contribution in [-0.4, -0.2) is 17.2 Å². The molecule has 0 saturated heterocycles. The summed E-state index contributed by atoms with van der Waals surface area (Å²) in [6.45, 7) is 0. The number of nitrogens with one attached hydrogen (secondary N) is 1. The van der Waals surface area contributed by atoms with Gasteiger partial charge >= 0.3 is 0 Å². The van der Waals surface area contributed by atoms with E-state index >= 15 is 0 Å². The summed E-state index contributed by atoms with van der Waals surface area (Å²) in [7, 11) is 0. The Kier molecular flexibility index (Phi) is 6.03. The van der Waals surface area contributed by atoms with Gasteiger partial charge in [0.25, 0.3) is 5.91 Å². The van der Waals surface area contributed by atoms with Gasteiger partial charge in [-0.25, -0.2) is 5.43 Å². The lowest BCUT2D eigenvalue weighted by Crippen LogP contribution is -2.17. The average Bonchev–Trinajstić information content (AvgIpc) is 2.96. The summed E-state index contributed by atoms with van der Waals surface area (Å²) in [4.78, 5) is 12.9. The molecule has 0 atom stereocenters. The van der Waals surface area contributed by atoms with E-state index in [1.54, 1.807) is 30.3 Å². The Hall–Kier alpha value is -2.22. The number of hydrogen-bond acceptors (Lipinski definition) is 5. The van der Waals surface area contributed by atoms with Crippen molar-refractivity contribution in [1.29, 1.82) is 0 Å². The van der Waals surface area contributed by atoms with Gasteiger partial charge < -0.3 is 9.52 Å². The number of hydrazone groups is 1. The molecule has 2 N–H and O–H groups in total. The second-order valence-electron chi connectivity index (χ2n) is 5.06. The Bertz CT molecular complexity index is 957. The van der Waals surface area contributed by atoms with Crippen LogP contribution in [0.3, 0.4) is 0 Å². The highest BCUT2D eigenvalue weighted by molar-refractivity contribution is 9.10. The molecule has 1 aromatic heterocycles. The topological polar surface area (TPSA) is 74.8 Å². The van der Waals surface area contributed by atoms with Crippen molar-refractivity contribution >= 4 is 51.4 Å². The number of benzene rings is 2. The van der Waals surface area contributed by atoms with Crippen LogP contribution in [0.2, 0.25) is 5.02 Å². The van der Waals surface area contributed by atoms with Crippen LogP contribution in [0.25, 0.3) is 0 Å². The van der Waals surface area contributed by atoms with Crippen LogP contribution in [0.15, 0.2) is 78.6 Å². The Morgan fingerprint density at radius 3 is 2.69 bits per heavy atom. The first-order valence-electron chi connectivity index (χ1n) is 7.37.